The minimum Gasteiger partial charge on any atom is -0.495 e. The smallest absolute Gasteiger partial charge is 0.252 e. The second-order valence-corrected chi connectivity index (χ2v) is 6.52. The van der Waals surface area contributed by atoms with Crippen molar-refractivity contribution in [2.24, 2.45) is 11.5 Å². The largest absolute Gasteiger partial charge is 0.495 e. The Balaban J connectivity index is 1.91. The summed E-state index contributed by atoms with van der Waals surface area (Å²) < 4.78 is 19.6. The maximum absolute atomic E-state index is 14.5. The molecule has 0 radical (unpaired) electrons. The van der Waals surface area contributed by atoms with Crippen LogP contribution in [0.25, 0.3) is 0 Å². The summed E-state index contributed by atoms with van der Waals surface area (Å²) in [6, 6.07) is 2.59. The molecule has 27 heavy (non-hydrogen) atoms. The Labute approximate surface area is 156 Å². The zero-order chi connectivity index (χ0) is 19.4. The first-order valence-corrected chi connectivity index (χ1v) is 8.76. The van der Waals surface area contributed by atoms with E-state index in [-0.39, 0.29) is 29.3 Å². The lowest BCUT2D eigenvalue weighted by Crippen LogP contribution is -2.43. The van der Waals surface area contributed by atoms with E-state index in [2.05, 4.69) is 20.6 Å². The number of methoxy groups -OCH3 is 1. The van der Waals surface area contributed by atoms with Gasteiger partial charge in [0.1, 0.15) is 11.6 Å². The minimum absolute atomic E-state index is 0.0284. The standard InChI is InChI=1S/C18H23FN6O2/c1-27-11-6-10(8-22-9-11)23-17-12(16(21)26)7-13(19)18(25-17)24-15-5-3-2-4-14(15)20/h6-9,14-15H,2-5,20H2,1H3,(H2,21,26)(H2,23,24,25). The molecular formula is C18H23FN6O2. The number of primary amides is 1. The predicted octanol–water partition coefficient (Wildman–Crippen LogP) is 2.15. The van der Waals surface area contributed by atoms with Gasteiger partial charge in [0, 0.05) is 18.2 Å². The third-order valence-corrected chi connectivity index (χ3v) is 4.59. The van der Waals surface area contributed by atoms with Gasteiger partial charge in [0.15, 0.2) is 11.6 Å². The van der Waals surface area contributed by atoms with E-state index in [1.165, 1.54) is 19.5 Å². The molecule has 0 spiro atoms. The van der Waals surface area contributed by atoms with E-state index < -0.39 is 11.7 Å². The molecule has 0 aromatic carbocycles. The van der Waals surface area contributed by atoms with Crippen LogP contribution in [0.1, 0.15) is 36.0 Å². The zero-order valence-corrected chi connectivity index (χ0v) is 15.0. The van der Waals surface area contributed by atoms with Gasteiger partial charge in [-0.05, 0) is 18.9 Å². The minimum atomic E-state index is -0.791. The molecule has 0 saturated heterocycles. The second-order valence-electron chi connectivity index (χ2n) is 6.52. The molecular weight excluding hydrogens is 351 g/mol. The van der Waals surface area contributed by atoms with Crippen LogP contribution in [0.2, 0.25) is 0 Å². The number of nitrogens with zero attached hydrogens (tertiary/aromatic N) is 2. The van der Waals surface area contributed by atoms with Crippen molar-refractivity contribution in [3.8, 4) is 5.75 Å². The molecule has 2 atom stereocenters. The van der Waals surface area contributed by atoms with Crippen LogP contribution in [0, 0.1) is 5.82 Å². The molecule has 3 rings (SSSR count). The number of amides is 1. The monoisotopic (exact) mass is 374 g/mol. The number of nitrogens with two attached hydrogens (primary N) is 2. The van der Waals surface area contributed by atoms with Crippen LogP contribution in [0.5, 0.6) is 5.75 Å². The molecule has 1 aliphatic carbocycles. The molecule has 144 valence electrons. The Morgan fingerprint density at radius 1 is 1.26 bits per heavy atom. The highest BCUT2D eigenvalue weighted by atomic mass is 19.1. The van der Waals surface area contributed by atoms with Crippen LogP contribution in [0.3, 0.4) is 0 Å². The fraction of sp³-hybridized carbons (Fsp3) is 0.389. The summed E-state index contributed by atoms with van der Waals surface area (Å²) >= 11 is 0. The quantitative estimate of drug-likeness (QED) is 0.610. The number of carbonyl (C=O) groups excluding carboxylic acids is 1. The number of aromatic nitrogens is 2. The first-order chi connectivity index (χ1) is 13.0. The van der Waals surface area contributed by atoms with Crippen molar-refractivity contribution in [1.82, 2.24) is 9.97 Å². The van der Waals surface area contributed by atoms with Gasteiger partial charge in [0.2, 0.25) is 0 Å². The average Bonchev–Trinajstić information content (AvgIpc) is 2.66. The maximum Gasteiger partial charge on any atom is 0.252 e. The summed E-state index contributed by atoms with van der Waals surface area (Å²) in [5, 5.41) is 6.02. The second kappa shape index (κ2) is 8.17. The number of pyridine rings is 2. The number of anilines is 3. The Kier molecular flexibility index (Phi) is 5.70. The molecule has 6 N–H and O–H groups in total. The number of hydrogen-bond acceptors (Lipinski definition) is 7. The van der Waals surface area contributed by atoms with Crippen molar-refractivity contribution in [3.63, 3.8) is 0 Å². The van der Waals surface area contributed by atoms with E-state index in [4.69, 9.17) is 16.2 Å². The summed E-state index contributed by atoms with van der Waals surface area (Å²) in [6.07, 6.45) is 6.86. The van der Waals surface area contributed by atoms with Crippen LogP contribution in [-0.4, -0.2) is 35.1 Å². The fourth-order valence-corrected chi connectivity index (χ4v) is 3.12. The van der Waals surface area contributed by atoms with Crippen LogP contribution in [0.15, 0.2) is 24.5 Å². The van der Waals surface area contributed by atoms with Crippen LogP contribution >= 0.6 is 0 Å². The third kappa shape index (κ3) is 4.43. The van der Waals surface area contributed by atoms with Crippen molar-refractivity contribution in [1.29, 1.82) is 0 Å². The summed E-state index contributed by atoms with van der Waals surface area (Å²) in [7, 11) is 1.52. The normalized spacial score (nSPS) is 19.4. The van der Waals surface area contributed by atoms with Gasteiger partial charge < -0.3 is 26.8 Å². The highest BCUT2D eigenvalue weighted by Gasteiger charge is 2.24. The molecule has 2 aromatic rings. The predicted molar refractivity (Wildman–Crippen MR) is 101 cm³/mol. The Morgan fingerprint density at radius 3 is 2.74 bits per heavy atom. The van der Waals surface area contributed by atoms with Gasteiger partial charge in [-0.2, -0.15) is 0 Å². The SMILES string of the molecule is COc1cncc(Nc2nc(NC3CCCCC3N)c(F)cc2C(N)=O)c1. The lowest BCUT2D eigenvalue weighted by atomic mass is 9.91. The molecule has 9 heteroatoms. The summed E-state index contributed by atoms with van der Waals surface area (Å²) in [5.41, 5.74) is 12.0. The average molecular weight is 374 g/mol. The first kappa shape index (κ1) is 18.8. The van der Waals surface area contributed by atoms with Crippen molar-refractivity contribution in [2.45, 2.75) is 37.8 Å². The Hall–Kier alpha value is -2.94. The van der Waals surface area contributed by atoms with Gasteiger partial charge in [0.05, 0.1) is 30.8 Å². The van der Waals surface area contributed by atoms with Gasteiger partial charge in [-0.25, -0.2) is 9.37 Å². The topological polar surface area (TPSA) is 128 Å². The van der Waals surface area contributed by atoms with E-state index in [0.29, 0.717) is 11.4 Å². The van der Waals surface area contributed by atoms with E-state index in [0.717, 1.165) is 31.7 Å². The lowest BCUT2D eigenvalue weighted by Gasteiger charge is -2.30. The fourth-order valence-electron chi connectivity index (χ4n) is 3.12. The van der Waals surface area contributed by atoms with Gasteiger partial charge in [0.25, 0.3) is 5.91 Å². The van der Waals surface area contributed by atoms with Crippen molar-refractivity contribution < 1.29 is 13.9 Å². The lowest BCUT2D eigenvalue weighted by molar-refractivity contribution is 0.100. The third-order valence-electron chi connectivity index (χ3n) is 4.59. The molecule has 2 unspecified atom stereocenters. The number of carbonyl (C=O) groups is 1. The molecule has 1 saturated carbocycles. The number of rotatable bonds is 6. The van der Waals surface area contributed by atoms with Crippen molar-refractivity contribution >= 4 is 23.2 Å². The van der Waals surface area contributed by atoms with Gasteiger partial charge in [-0.1, -0.05) is 12.8 Å². The van der Waals surface area contributed by atoms with Crippen LogP contribution in [0.4, 0.5) is 21.7 Å². The number of ether oxygens (including phenoxy) is 1. The van der Waals surface area contributed by atoms with Crippen molar-refractivity contribution in [2.75, 3.05) is 17.7 Å². The van der Waals surface area contributed by atoms with Gasteiger partial charge in [-0.15, -0.1) is 0 Å². The first-order valence-electron chi connectivity index (χ1n) is 8.76. The molecule has 1 aliphatic rings. The maximum atomic E-state index is 14.5. The van der Waals surface area contributed by atoms with E-state index in [1.807, 2.05) is 0 Å². The summed E-state index contributed by atoms with van der Waals surface area (Å²) in [4.78, 5) is 20.0. The van der Waals surface area contributed by atoms with E-state index in [1.54, 1.807) is 6.07 Å². The molecule has 0 bridgehead atoms. The molecule has 0 aliphatic heterocycles. The summed E-state index contributed by atoms with van der Waals surface area (Å²) in [5.74, 6) is -0.766. The number of hydrogen-bond donors (Lipinski definition) is 4. The molecule has 1 fully saturated rings. The van der Waals surface area contributed by atoms with Crippen molar-refractivity contribution in [3.05, 3.63) is 35.9 Å². The number of nitrogens with one attached hydrogen (secondary N) is 2. The Bertz CT molecular complexity index is 831. The zero-order valence-electron chi connectivity index (χ0n) is 15.0. The molecule has 1 amide bonds. The van der Waals surface area contributed by atoms with Gasteiger partial charge >= 0.3 is 0 Å². The van der Waals surface area contributed by atoms with Crippen LogP contribution in [-0.2, 0) is 0 Å². The number of halogens is 1. The van der Waals surface area contributed by atoms with E-state index >= 15 is 0 Å². The Morgan fingerprint density at radius 2 is 2.04 bits per heavy atom. The van der Waals surface area contributed by atoms with E-state index in [9.17, 15) is 9.18 Å². The van der Waals surface area contributed by atoms with Crippen LogP contribution < -0.4 is 26.8 Å². The molecule has 8 nitrogen and oxygen atoms in total. The van der Waals surface area contributed by atoms with Gasteiger partial charge in [-0.3, -0.25) is 9.78 Å². The summed E-state index contributed by atoms with van der Waals surface area (Å²) in [6.45, 7) is 0. The molecule has 2 heterocycles. The highest BCUT2D eigenvalue weighted by molar-refractivity contribution is 5.98. The molecule has 2 aromatic heterocycles. The highest BCUT2D eigenvalue weighted by Crippen LogP contribution is 2.27.